The number of sulfonamides is 1. The zero-order chi connectivity index (χ0) is 16.6. The van der Waals surface area contributed by atoms with Crippen molar-refractivity contribution in [3.63, 3.8) is 0 Å². The molecule has 2 aliphatic rings. The molecule has 1 aromatic carbocycles. The molecule has 0 aromatic heterocycles. The van der Waals surface area contributed by atoms with Crippen LogP contribution in [-0.4, -0.2) is 27.1 Å². The highest BCUT2D eigenvalue weighted by atomic mass is 32.2. The van der Waals surface area contributed by atoms with Gasteiger partial charge in [-0.1, -0.05) is 12.5 Å². The average Bonchev–Trinajstić information content (AvgIpc) is 3.08. The first kappa shape index (κ1) is 16.3. The Morgan fingerprint density at radius 3 is 2.65 bits per heavy atom. The summed E-state index contributed by atoms with van der Waals surface area (Å²) in [5.41, 5.74) is 1.74. The maximum atomic E-state index is 12.3. The van der Waals surface area contributed by atoms with E-state index in [4.69, 9.17) is 0 Å². The fourth-order valence-corrected chi connectivity index (χ4v) is 4.64. The van der Waals surface area contributed by atoms with Crippen LogP contribution in [0.4, 0.5) is 5.69 Å². The molecule has 3 unspecified atom stereocenters. The van der Waals surface area contributed by atoms with Crippen molar-refractivity contribution in [2.24, 2.45) is 17.8 Å². The summed E-state index contributed by atoms with van der Waals surface area (Å²) in [6.07, 6.45) is 6.33. The fourth-order valence-electron chi connectivity index (χ4n) is 4.03. The zero-order valence-corrected chi connectivity index (χ0v) is 14.4. The highest BCUT2D eigenvalue weighted by Crippen LogP contribution is 2.47. The van der Waals surface area contributed by atoms with Crippen LogP contribution in [0.5, 0.6) is 0 Å². The topological polar surface area (TPSA) is 75.3 Å². The summed E-state index contributed by atoms with van der Waals surface area (Å²) in [7, 11) is -3.36. The van der Waals surface area contributed by atoms with Crippen LogP contribution in [0.3, 0.4) is 0 Å². The summed E-state index contributed by atoms with van der Waals surface area (Å²) in [5, 5.41) is 3.02. The van der Waals surface area contributed by atoms with E-state index in [9.17, 15) is 13.2 Å². The molecule has 2 fully saturated rings. The number of aryl methyl sites for hydroxylation is 1. The van der Waals surface area contributed by atoms with Gasteiger partial charge in [0.1, 0.15) is 0 Å². The number of fused-ring (bicyclic) bond motifs is 2. The quantitative estimate of drug-likeness (QED) is 0.867. The van der Waals surface area contributed by atoms with Crippen LogP contribution in [-0.2, 0) is 10.0 Å². The number of amides is 1. The average molecular weight is 336 g/mol. The minimum atomic E-state index is -3.36. The summed E-state index contributed by atoms with van der Waals surface area (Å²) >= 11 is 0. The molecule has 126 valence electrons. The Hall–Kier alpha value is -1.56. The Kier molecular flexibility index (Phi) is 4.36. The minimum absolute atomic E-state index is 0.135. The first-order valence-corrected chi connectivity index (χ1v) is 10.1. The molecule has 0 radical (unpaired) electrons. The number of carbonyl (C=O) groups is 1. The van der Waals surface area contributed by atoms with Gasteiger partial charge in [0.2, 0.25) is 10.0 Å². The molecule has 5 nitrogen and oxygen atoms in total. The molecule has 2 aliphatic carbocycles. The number of hydrogen-bond donors (Lipinski definition) is 2. The summed E-state index contributed by atoms with van der Waals surface area (Å²) in [6.45, 7) is 2.53. The maximum absolute atomic E-state index is 12.3. The van der Waals surface area contributed by atoms with Crippen LogP contribution in [0, 0.1) is 24.7 Å². The van der Waals surface area contributed by atoms with Crippen LogP contribution in [0.2, 0.25) is 0 Å². The lowest BCUT2D eigenvalue weighted by Crippen LogP contribution is -2.31. The Morgan fingerprint density at radius 1 is 1.26 bits per heavy atom. The third kappa shape index (κ3) is 3.86. The van der Waals surface area contributed by atoms with Gasteiger partial charge < -0.3 is 5.32 Å². The third-order valence-electron chi connectivity index (χ3n) is 5.20. The normalized spacial score (nSPS) is 26.3. The summed E-state index contributed by atoms with van der Waals surface area (Å²) in [6, 6.07) is 5.10. The second-order valence-corrected chi connectivity index (χ2v) is 8.80. The van der Waals surface area contributed by atoms with Gasteiger partial charge in [0.25, 0.3) is 5.91 Å². The van der Waals surface area contributed by atoms with E-state index in [2.05, 4.69) is 10.0 Å². The van der Waals surface area contributed by atoms with E-state index in [0.29, 0.717) is 17.2 Å². The first-order chi connectivity index (χ1) is 10.8. The molecule has 0 aliphatic heterocycles. The Balaban J connectivity index is 1.64. The van der Waals surface area contributed by atoms with Crippen molar-refractivity contribution in [1.82, 2.24) is 5.32 Å². The molecule has 2 saturated carbocycles. The molecule has 1 amide bonds. The van der Waals surface area contributed by atoms with Gasteiger partial charge in [0.05, 0.1) is 11.9 Å². The number of rotatable bonds is 5. The zero-order valence-electron chi connectivity index (χ0n) is 13.6. The van der Waals surface area contributed by atoms with Crippen LogP contribution < -0.4 is 10.0 Å². The number of nitrogens with one attached hydrogen (secondary N) is 2. The van der Waals surface area contributed by atoms with Crippen molar-refractivity contribution < 1.29 is 13.2 Å². The standard InChI is InChI=1S/C17H24N2O3S/c1-11-3-5-14(9-16(11)19-23(2,21)22)17(20)18-10-15-8-12-4-6-13(15)7-12/h3,5,9,12-13,15,19H,4,6-8,10H2,1-2H3,(H,18,20). The van der Waals surface area contributed by atoms with Gasteiger partial charge in [-0.05, 0) is 61.6 Å². The van der Waals surface area contributed by atoms with E-state index in [-0.39, 0.29) is 5.91 Å². The van der Waals surface area contributed by atoms with E-state index < -0.39 is 10.0 Å². The van der Waals surface area contributed by atoms with E-state index in [1.807, 2.05) is 6.92 Å². The van der Waals surface area contributed by atoms with Gasteiger partial charge in [0, 0.05) is 12.1 Å². The fraction of sp³-hybridized carbons (Fsp3) is 0.588. The second kappa shape index (κ2) is 6.15. The molecule has 1 aromatic rings. The van der Waals surface area contributed by atoms with Crippen LogP contribution >= 0.6 is 0 Å². The predicted octanol–water partition coefficient (Wildman–Crippen LogP) is 2.53. The van der Waals surface area contributed by atoms with Crippen molar-refractivity contribution in [3.8, 4) is 0 Å². The summed E-state index contributed by atoms with van der Waals surface area (Å²) < 4.78 is 25.2. The van der Waals surface area contributed by atoms with Crippen LogP contribution in [0.25, 0.3) is 0 Å². The minimum Gasteiger partial charge on any atom is -0.352 e. The van der Waals surface area contributed by atoms with Gasteiger partial charge in [-0.2, -0.15) is 0 Å². The molecule has 2 bridgehead atoms. The van der Waals surface area contributed by atoms with Gasteiger partial charge in [0.15, 0.2) is 0 Å². The van der Waals surface area contributed by atoms with Crippen molar-refractivity contribution in [3.05, 3.63) is 29.3 Å². The summed E-state index contributed by atoms with van der Waals surface area (Å²) in [5.74, 6) is 2.12. The van der Waals surface area contributed by atoms with Gasteiger partial charge >= 0.3 is 0 Å². The second-order valence-electron chi connectivity index (χ2n) is 7.05. The lowest BCUT2D eigenvalue weighted by atomic mass is 9.89. The van der Waals surface area contributed by atoms with E-state index in [1.165, 1.54) is 25.7 Å². The van der Waals surface area contributed by atoms with Gasteiger partial charge in [-0.15, -0.1) is 0 Å². The molecular weight excluding hydrogens is 312 g/mol. The van der Waals surface area contributed by atoms with Gasteiger partial charge in [-0.25, -0.2) is 8.42 Å². The number of anilines is 1. The molecule has 3 rings (SSSR count). The Labute approximate surface area is 137 Å². The number of benzene rings is 1. The molecule has 0 spiro atoms. The Morgan fingerprint density at radius 2 is 2.04 bits per heavy atom. The molecule has 6 heteroatoms. The molecule has 2 N–H and O–H groups in total. The molecule has 0 saturated heterocycles. The number of hydrogen-bond acceptors (Lipinski definition) is 3. The smallest absolute Gasteiger partial charge is 0.251 e. The van der Waals surface area contributed by atoms with Crippen LogP contribution in [0.1, 0.15) is 41.6 Å². The molecular formula is C17H24N2O3S. The van der Waals surface area contributed by atoms with Gasteiger partial charge in [-0.3, -0.25) is 9.52 Å². The van der Waals surface area contributed by atoms with Crippen molar-refractivity contribution in [2.75, 3.05) is 17.5 Å². The molecule has 0 heterocycles. The highest BCUT2D eigenvalue weighted by Gasteiger charge is 2.39. The van der Waals surface area contributed by atoms with E-state index >= 15 is 0 Å². The molecule has 23 heavy (non-hydrogen) atoms. The van der Waals surface area contributed by atoms with E-state index in [1.54, 1.807) is 18.2 Å². The summed E-state index contributed by atoms with van der Waals surface area (Å²) in [4.78, 5) is 12.3. The first-order valence-electron chi connectivity index (χ1n) is 8.18. The Bertz CT molecular complexity index is 715. The third-order valence-corrected chi connectivity index (χ3v) is 5.80. The van der Waals surface area contributed by atoms with Crippen molar-refractivity contribution >= 4 is 21.6 Å². The monoisotopic (exact) mass is 336 g/mol. The lowest BCUT2D eigenvalue weighted by molar-refractivity contribution is 0.0942. The van der Waals surface area contributed by atoms with Crippen LogP contribution in [0.15, 0.2) is 18.2 Å². The highest BCUT2D eigenvalue weighted by molar-refractivity contribution is 7.92. The maximum Gasteiger partial charge on any atom is 0.251 e. The van der Waals surface area contributed by atoms with Crippen molar-refractivity contribution in [1.29, 1.82) is 0 Å². The largest absolute Gasteiger partial charge is 0.352 e. The number of carbonyl (C=O) groups excluding carboxylic acids is 1. The van der Waals surface area contributed by atoms with E-state index in [0.717, 1.165) is 30.2 Å². The predicted molar refractivity (Wildman–Crippen MR) is 90.9 cm³/mol. The van der Waals surface area contributed by atoms with Crippen molar-refractivity contribution in [2.45, 2.75) is 32.6 Å². The SMILES string of the molecule is Cc1ccc(C(=O)NCC2CC3CCC2C3)cc1NS(C)(=O)=O. The molecule has 3 atom stereocenters. The lowest BCUT2D eigenvalue weighted by Gasteiger charge is -2.22.